The van der Waals surface area contributed by atoms with Crippen LogP contribution in [0.3, 0.4) is 0 Å². The van der Waals surface area contributed by atoms with E-state index in [4.69, 9.17) is 0 Å². The van der Waals surface area contributed by atoms with Crippen LogP contribution in [0.25, 0.3) is 0 Å². The number of likely N-dealkylation sites (tertiary alicyclic amines) is 1. The molecule has 1 aliphatic rings. The van der Waals surface area contributed by atoms with Crippen molar-refractivity contribution in [2.75, 3.05) is 31.1 Å². The average Bonchev–Trinajstić information content (AvgIpc) is 2.18. The summed E-state index contributed by atoms with van der Waals surface area (Å²) in [5.41, 5.74) is 0. The number of alkyl halides is 3. The van der Waals surface area contributed by atoms with Gasteiger partial charge in [-0.25, -0.2) is 0 Å². The zero-order valence-electron chi connectivity index (χ0n) is 9.02. The first-order valence-corrected chi connectivity index (χ1v) is 6.56. The number of halogens is 3. The lowest BCUT2D eigenvalue weighted by Gasteiger charge is -2.32. The topological polar surface area (TPSA) is 3.24 Å². The number of piperidine rings is 1. The fourth-order valence-electron chi connectivity index (χ4n) is 1.82. The van der Waals surface area contributed by atoms with Crippen LogP contribution in [0.15, 0.2) is 0 Å². The van der Waals surface area contributed by atoms with Crippen LogP contribution in [0.1, 0.15) is 19.8 Å². The Balaban J connectivity index is 2.18. The van der Waals surface area contributed by atoms with Crippen molar-refractivity contribution in [3.63, 3.8) is 0 Å². The molecule has 5 heteroatoms. The van der Waals surface area contributed by atoms with Crippen molar-refractivity contribution in [2.24, 2.45) is 5.92 Å². The molecular formula is C10H18F3NS. The summed E-state index contributed by atoms with van der Waals surface area (Å²) in [5.74, 6) is 1.05. The lowest BCUT2D eigenvalue weighted by atomic mass is 9.96. The van der Waals surface area contributed by atoms with Crippen molar-refractivity contribution < 1.29 is 13.2 Å². The first kappa shape index (κ1) is 13.2. The predicted molar refractivity (Wildman–Crippen MR) is 58.2 cm³/mol. The van der Waals surface area contributed by atoms with Gasteiger partial charge in [0.2, 0.25) is 0 Å². The highest BCUT2D eigenvalue weighted by molar-refractivity contribution is 7.99. The molecule has 0 radical (unpaired) electrons. The van der Waals surface area contributed by atoms with Gasteiger partial charge in [0.25, 0.3) is 0 Å². The van der Waals surface area contributed by atoms with Crippen molar-refractivity contribution in [1.82, 2.24) is 4.90 Å². The molecule has 1 nitrogen and oxygen atoms in total. The Morgan fingerprint density at radius 1 is 1.27 bits per heavy atom. The molecular weight excluding hydrogens is 223 g/mol. The van der Waals surface area contributed by atoms with E-state index < -0.39 is 12.1 Å². The van der Waals surface area contributed by atoms with Crippen LogP contribution in [-0.2, 0) is 0 Å². The zero-order valence-corrected chi connectivity index (χ0v) is 9.83. The van der Waals surface area contributed by atoms with E-state index in [-0.39, 0.29) is 12.8 Å². The van der Waals surface area contributed by atoms with Crippen LogP contribution >= 0.6 is 11.8 Å². The highest BCUT2D eigenvalue weighted by Crippen LogP contribution is 2.33. The van der Waals surface area contributed by atoms with Crippen LogP contribution in [0.4, 0.5) is 13.2 Å². The van der Waals surface area contributed by atoms with E-state index in [0.717, 1.165) is 18.1 Å². The minimum absolute atomic E-state index is 0.278. The van der Waals surface area contributed by atoms with Crippen LogP contribution in [0.2, 0.25) is 0 Å². The molecule has 1 rings (SSSR count). The zero-order chi connectivity index (χ0) is 11.3. The monoisotopic (exact) mass is 241 g/mol. The number of hydrogen-bond donors (Lipinski definition) is 0. The highest BCUT2D eigenvalue weighted by atomic mass is 32.2. The molecule has 0 bridgehead atoms. The number of rotatable bonds is 4. The predicted octanol–water partition coefficient (Wildman–Crippen LogP) is 3.01. The Morgan fingerprint density at radius 3 is 2.33 bits per heavy atom. The molecule has 0 amide bonds. The SMILES string of the molecule is CCSCCN1CCC(C(F)(F)F)CC1. The van der Waals surface area contributed by atoms with Gasteiger partial charge in [0.1, 0.15) is 0 Å². The summed E-state index contributed by atoms with van der Waals surface area (Å²) in [6.07, 6.45) is -3.43. The fraction of sp³-hybridized carbons (Fsp3) is 1.00. The smallest absolute Gasteiger partial charge is 0.302 e. The van der Waals surface area contributed by atoms with E-state index in [1.807, 2.05) is 11.8 Å². The average molecular weight is 241 g/mol. The van der Waals surface area contributed by atoms with Crippen molar-refractivity contribution in [3.05, 3.63) is 0 Å². The summed E-state index contributed by atoms with van der Waals surface area (Å²) in [4.78, 5) is 2.14. The Morgan fingerprint density at radius 2 is 1.87 bits per heavy atom. The summed E-state index contributed by atoms with van der Waals surface area (Å²) in [7, 11) is 0. The lowest BCUT2D eigenvalue weighted by molar-refractivity contribution is -0.184. The van der Waals surface area contributed by atoms with Gasteiger partial charge in [-0.05, 0) is 31.7 Å². The molecule has 0 aromatic carbocycles. The third kappa shape index (κ3) is 4.64. The summed E-state index contributed by atoms with van der Waals surface area (Å²) < 4.78 is 37.1. The molecule has 0 saturated carbocycles. The maximum atomic E-state index is 12.4. The standard InChI is InChI=1S/C10H18F3NS/c1-2-15-8-7-14-5-3-9(4-6-14)10(11,12)13/h9H,2-8H2,1H3. The van der Waals surface area contributed by atoms with E-state index in [9.17, 15) is 13.2 Å². The summed E-state index contributed by atoms with van der Waals surface area (Å²) in [5, 5.41) is 0. The maximum Gasteiger partial charge on any atom is 0.391 e. The van der Waals surface area contributed by atoms with Crippen LogP contribution in [0.5, 0.6) is 0 Å². The van der Waals surface area contributed by atoms with Crippen LogP contribution in [0, 0.1) is 5.92 Å². The van der Waals surface area contributed by atoms with E-state index in [1.54, 1.807) is 0 Å². The second-order valence-corrected chi connectivity index (χ2v) is 5.25. The van der Waals surface area contributed by atoms with Gasteiger partial charge >= 0.3 is 6.18 Å². The number of nitrogens with zero attached hydrogens (tertiary/aromatic N) is 1. The third-order valence-corrected chi connectivity index (χ3v) is 3.69. The first-order chi connectivity index (χ1) is 7.04. The Bertz CT molecular complexity index is 176. The summed E-state index contributed by atoms with van der Waals surface area (Å²) in [6, 6.07) is 0. The molecule has 0 aliphatic carbocycles. The Hall–Kier alpha value is 0.100. The molecule has 1 aliphatic heterocycles. The molecule has 0 aromatic rings. The second kappa shape index (κ2) is 5.99. The molecule has 90 valence electrons. The summed E-state index contributed by atoms with van der Waals surface area (Å²) >= 11 is 1.84. The van der Waals surface area contributed by atoms with Gasteiger partial charge in [-0.1, -0.05) is 6.92 Å². The minimum atomic E-state index is -3.98. The largest absolute Gasteiger partial charge is 0.391 e. The number of hydrogen-bond acceptors (Lipinski definition) is 2. The van der Waals surface area contributed by atoms with E-state index in [0.29, 0.717) is 13.1 Å². The highest BCUT2D eigenvalue weighted by Gasteiger charge is 2.40. The molecule has 0 atom stereocenters. The quantitative estimate of drug-likeness (QED) is 0.696. The molecule has 0 aromatic heterocycles. The van der Waals surface area contributed by atoms with Gasteiger partial charge < -0.3 is 4.90 Å². The van der Waals surface area contributed by atoms with Gasteiger partial charge in [0.15, 0.2) is 0 Å². The molecule has 1 saturated heterocycles. The van der Waals surface area contributed by atoms with E-state index >= 15 is 0 Å². The second-order valence-electron chi connectivity index (χ2n) is 3.85. The lowest BCUT2D eigenvalue weighted by Crippen LogP contribution is -2.39. The molecule has 1 fully saturated rings. The van der Waals surface area contributed by atoms with E-state index in [2.05, 4.69) is 11.8 Å². The molecule has 0 spiro atoms. The first-order valence-electron chi connectivity index (χ1n) is 5.41. The number of thioether (sulfide) groups is 1. The summed E-state index contributed by atoms with van der Waals surface area (Å²) in [6.45, 7) is 4.24. The van der Waals surface area contributed by atoms with E-state index in [1.165, 1.54) is 0 Å². The van der Waals surface area contributed by atoms with Gasteiger partial charge in [-0.15, -0.1) is 0 Å². The van der Waals surface area contributed by atoms with Gasteiger partial charge in [-0.2, -0.15) is 24.9 Å². The van der Waals surface area contributed by atoms with Gasteiger partial charge in [0.05, 0.1) is 5.92 Å². The Kier molecular flexibility index (Phi) is 5.26. The van der Waals surface area contributed by atoms with Crippen LogP contribution < -0.4 is 0 Å². The molecule has 15 heavy (non-hydrogen) atoms. The fourth-order valence-corrected chi connectivity index (χ4v) is 2.50. The normalized spacial score (nSPS) is 20.8. The molecule has 1 heterocycles. The maximum absolute atomic E-state index is 12.4. The van der Waals surface area contributed by atoms with Crippen molar-refractivity contribution in [1.29, 1.82) is 0 Å². The minimum Gasteiger partial charge on any atom is -0.302 e. The Labute approximate surface area is 93.4 Å². The molecule has 0 N–H and O–H groups in total. The van der Waals surface area contributed by atoms with Crippen LogP contribution in [-0.4, -0.2) is 42.2 Å². The van der Waals surface area contributed by atoms with Crippen molar-refractivity contribution >= 4 is 11.8 Å². The van der Waals surface area contributed by atoms with Gasteiger partial charge in [0, 0.05) is 12.3 Å². The third-order valence-electron chi connectivity index (χ3n) is 2.81. The van der Waals surface area contributed by atoms with Crippen molar-refractivity contribution in [2.45, 2.75) is 25.9 Å². The van der Waals surface area contributed by atoms with Gasteiger partial charge in [-0.3, -0.25) is 0 Å². The van der Waals surface area contributed by atoms with Crippen molar-refractivity contribution in [3.8, 4) is 0 Å². The molecule has 0 unspecified atom stereocenters.